The van der Waals surface area contributed by atoms with Gasteiger partial charge in [-0.15, -0.1) is 5.10 Å². The minimum atomic E-state index is -0.489. The van der Waals surface area contributed by atoms with Gasteiger partial charge in [0.15, 0.2) is 0 Å². The Hall–Kier alpha value is -1.99. The summed E-state index contributed by atoms with van der Waals surface area (Å²) in [6, 6.07) is 4.44. The Bertz CT molecular complexity index is 614. The molecule has 2 rings (SSSR count). The van der Waals surface area contributed by atoms with Crippen LogP contribution in [0.3, 0.4) is 0 Å². The zero-order valence-electron chi connectivity index (χ0n) is 10.7. The molecule has 1 aromatic heterocycles. The number of benzene rings is 1. The molecule has 0 aliphatic rings. The van der Waals surface area contributed by atoms with Gasteiger partial charge in [0.25, 0.3) is 5.69 Å². The van der Waals surface area contributed by atoms with Gasteiger partial charge >= 0.3 is 0 Å². The molecule has 0 amide bonds. The van der Waals surface area contributed by atoms with Crippen molar-refractivity contribution in [1.82, 2.24) is 15.0 Å². The predicted octanol–water partition coefficient (Wildman–Crippen LogP) is 2.11. The fourth-order valence-corrected chi connectivity index (χ4v) is 1.98. The SMILES string of the molecule is NCCCCc1cn(-c2ccc(Cl)cc2[N+](=O)[O-])nn1. The van der Waals surface area contributed by atoms with E-state index in [-0.39, 0.29) is 5.69 Å². The third-order valence-corrected chi connectivity index (χ3v) is 3.04. The monoisotopic (exact) mass is 295 g/mol. The lowest BCUT2D eigenvalue weighted by Crippen LogP contribution is -2.00. The van der Waals surface area contributed by atoms with Crippen LogP contribution >= 0.6 is 11.6 Å². The third-order valence-electron chi connectivity index (χ3n) is 2.81. The first-order valence-electron chi connectivity index (χ1n) is 6.17. The lowest BCUT2D eigenvalue weighted by Gasteiger charge is -2.02. The summed E-state index contributed by atoms with van der Waals surface area (Å²) in [5.41, 5.74) is 6.45. The molecule has 8 heteroatoms. The molecule has 0 atom stereocenters. The van der Waals surface area contributed by atoms with Gasteiger partial charge in [0.2, 0.25) is 0 Å². The first kappa shape index (κ1) is 14.4. The van der Waals surface area contributed by atoms with E-state index in [0.29, 0.717) is 17.3 Å². The van der Waals surface area contributed by atoms with Crippen molar-refractivity contribution in [1.29, 1.82) is 0 Å². The van der Waals surface area contributed by atoms with Crippen LogP contribution in [0.5, 0.6) is 0 Å². The molecule has 2 aromatic rings. The van der Waals surface area contributed by atoms with E-state index in [0.717, 1.165) is 25.0 Å². The second-order valence-corrected chi connectivity index (χ2v) is 4.73. The largest absolute Gasteiger partial charge is 0.330 e. The number of hydrogen-bond donors (Lipinski definition) is 1. The third kappa shape index (κ3) is 3.31. The first-order valence-corrected chi connectivity index (χ1v) is 6.55. The molecule has 106 valence electrons. The van der Waals surface area contributed by atoms with E-state index < -0.39 is 4.92 Å². The average Bonchev–Trinajstić information content (AvgIpc) is 2.87. The molecule has 7 nitrogen and oxygen atoms in total. The second-order valence-electron chi connectivity index (χ2n) is 4.29. The molecule has 0 bridgehead atoms. The van der Waals surface area contributed by atoms with Crippen molar-refractivity contribution in [2.45, 2.75) is 19.3 Å². The quantitative estimate of drug-likeness (QED) is 0.500. The molecule has 2 N–H and O–H groups in total. The Morgan fingerprint density at radius 2 is 2.20 bits per heavy atom. The van der Waals surface area contributed by atoms with E-state index in [4.69, 9.17) is 17.3 Å². The fraction of sp³-hybridized carbons (Fsp3) is 0.333. The van der Waals surface area contributed by atoms with Crippen molar-refractivity contribution in [2.75, 3.05) is 6.54 Å². The first-order chi connectivity index (χ1) is 9.61. The normalized spacial score (nSPS) is 10.7. The zero-order valence-corrected chi connectivity index (χ0v) is 11.5. The molecule has 1 aromatic carbocycles. The molecule has 1 heterocycles. The maximum absolute atomic E-state index is 11.0. The lowest BCUT2D eigenvalue weighted by molar-refractivity contribution is -0.384. The standard InChI is InChI=1S/C12H14ClN5O2/c13-9-4-5-11(12(7-9)18(19)20)17-8-10(15-16-17)3-1-2-6-14/h4-5,7-8H,1-3,6,14H2. The Morgan fingerprint density at radius 1 is 1.40 bits per heavy atom. The average molecular weight is 296 g/mol. The van der Waals surface area contributed by atoms with E-state index in [1.54, 1.807) is 18.3 Å². The van der Waals surface area contributed by atoms with Gasteiger partial charge in [0.05, 0.1) is 16.8 Å². The number of nitrogens with zero attached hydrogens (tertiary/aromatic N) is 4. The fourth-order valence-electron chi connectivity index (χ4n) is 1.82. The van der Waals surface area contributed by atoms with E-state index >= 15 is 0 Å². The highest BCUT2D eigenvalue weighted by molar-refractivity contribution is 6.30. The minimum Gasteiger partial charge on any atom is -0.330 e. The van der Waals surface area contributed by atoms with Crippen molar-refractivity contribution in [3.8, 4) is 5.69 Å². The summed E-state index contributed by atoms with van der Waals surface area (Å²) >= 11 is 5.78. The molecule has 0 saturated heterocycles. The molecule has 20 heavy (non-hydrogen) atoms. The van der Waals surface area contributed by atoms with E-state index in [2.05, 4.69) is 10.3 Å². The maximum atomic E-state index is 11.0. The molecule has 0 spiro atoms. The number of nitro groups is 1. The van der Waals surface area contributed by atoms with Gasteiger partial charge in [0, 0.05) is 11.1 Å². The van der Waals surface area contributed by atoms with Crippen LogP contribution in [-0.2, 0) is 6.42 Å². The van der Waals surface area contributed by atoms with Crippen LogP contribution in [0.2, 0.25) is 5.02 Å². The minimum absolute atomic E-state index is 0.101. The van der Waals surface area contributed by atoms with Crippen molar-refractivity contribution in [3.63, 3.8) is 0 Å². The van der Waals surface area contributed by atoms with Gasteiger partial charge in [-0.2, -0.15) is 0 Å². The van der Waals surface area contributed by atoms with Crippen molar-refractivity contribution >= 4 is 17.3 Å². The van der Waals surface area contributed by atoms with E-state index in [1.165, 1.54) is 10.7 Å². The zero-order chi connectivity index (χ0) is 14.5. The number of nitro benzene ring substituents is 1. The summed E-state index contributed by atoms with van der Waals surface area (Å²) in [5.74, 6) is 0. The predicted molar refractivity (Wildman–Crippen MR) is 75.0 cm³/mol. The number of unbranched alkanes of at least 4 members (excludes halogenated alkanes) is 1. The van der Waals surface area contributed by atoms with Gasteiger partial charge in [0.1, 0.15) is 5.69 Å². The number of aryl methyl sites for hydroxylation is 1. The van der Waals surface area contributed by atoms with E-state index in [1.807, 2.05) is 0 Å². The number of nitrogens with two attached hydrogens (primary N) is 1. The van der Waals surface area contributed by atoms with Gasteiger partial charge in [-0.3, -0.25) is 10.1 Å². The molecule has 0 radical (unpaired) electrons. The van der Waals surface area contributed by atoms with Gasteiger partial charge in [-0.25, -0.2) is 4.68 Å². The molecular formula is C12H14ClN5O2. The molecular weight excluding hydrogens is 282 g/mol. The van der Waals surface area contributed by atoms with Crippen LogP contribution in [-0.4, -0.2) is 26.5 Å². The number of hydrogen-bond acceptors (Lipinski definition) is 5. The van der Waals surface area contributed by atoms with Crippen LogP contribution in [0.25, 0.3) is 5.69 Å². The van der Waals surface area contributed by atoms with Crippen molar-refractivity contribution < 1.29 is 4.92 Å². The summed E-state index contributed by atoms with van der Waals surface area (Å²) in [6.07, 6.45) is 4.26. The summed E-state index contributed by atoms with van der Waals surface area (Å²) in [4.78, 5) is 10.5. The van der Waals surface area contributed by atoms with Crippen molar-refractivity contribution in [3.05, 3.63) is 45.2 Å². The van der Waals surface area contributed by atoms with Crippen LogP contribution in [0.1, 0.15) is 18.5 Å². The smallest absolute Gasteiger partial charge is 0.296 e. The summed E-state index contributed by atoms with van der Waals surface area (Å²) in [5, 5.41) is 19.3. The number of halogens is 1. The number of aromatic nitrogens is 3. The second kappa shape index (κ2) is 6.44. The Labute approximate surface area is 120 Å². The summed E-state index contributed by atoms with van der Waals surface area (Å²) in [6.45, 7) is 0.636. The molecule has 0 saturated carbocycles. The highest BCUT2D eigenvalue weighted by Crippen LogP contribution is 2.26. The lowest BCUT2D eigenvalue weighted by atomic mass is 10.2. The van der Waals surface area contributed by atoms with Crippen molar-refractivity contribution in [2.24, 2.45) is 5.73 Å². The number of rotatable bonds is 6. The van der Waals surface area contributed by atoms with Crippen LogP contribution in [0.15, 0.2) is 24.4 Å². The topological polar surface area (TPSA) is 99.9 Å². The van der Waals surface area contributed by atoms with Crippen LogP contribution in [0.4, 0.5) is 5.69 Å². The van der Waals surface area contributed by atoms with Gasteiger partial charge in [-0.05, 0) is 37.9 Å². The van der Waals surface area contributed by atoms with Gasteiger partial charge < -0.3 is 5.73 Å². The molecule has 0 aliphatic carbocycles. The Kier molecular flexibility index (Phi) is 4.65. The van der Waals surface area contributed by atoms with E-state index in [9.17, 15) is 10.1 Å². The highest BCUT2D eigenvalue weighted by Gasteiger charge is 2.17. The Balaban J connectivity index is 2.25. The summed E-state index contributed by atoms with van der Waals surface area (Å²) in [7, 11) is 0. The molecule has 0 aliphatic heterocycles. The van der Waals surface area contributed by atoms with Crippen LogP contribution in [0, 0.1) is 10.1 Å². The van der Waals surface area contributed by atoms with Crippen LogP contribution < -0.4 is 5.73 Å². The molecule has 0 fully saturated rings. The highest BCUT2D eigenvalue weighted by atomic mass is 35.5. The maximum Gasteiger partial charge on any atom is 0.296 e. The molecule has 0 unspecified atom stereocenters. The summed E-state index contributed by atoms with van der Waals surface area (Å²) < 4.78 is 1.40. The Morgan fingerprint density at radius 3 is 2.90 bits per heavy atom. The van der Waals surface area contributed by atoms with Gasteiger partial charge in [-0.1, -0.05) is 16.8 Å².